The number of carbonyl (C=O) groups is 1. The number of piperidine rings is 1. The first-order chi connectivity index (χ1) is 12.0. The number of nitrogens with one attached hydrogen (secondary N) is 1. The number of nitriles is 1. The normalized spacial score (nSPS) is 18.3. The van der Waals surface area contributed by atoms with Crippen LogP contribution >= 0.6 is 0 Å². The summed E-state index contributed by atoms with van der Waals surface area (Å²) in [6.45, 7) is -1.43. The summed E-state index contributed by atoms with van der Waals surface area (Å²) in [6.07, 6.45) is -8.60. The SMILES string of the molecule is N#Cc1ccc(C(F)(F)F)c(N2CCCC(C(=O)NCC(F)(F)F)C2)c1. The van der Waals surface area contributed by atoms with Gasteiger partial charge in [-0.05, 0) is 31.0 Å². The van der Waals surface area contributed by atoms with E-state index in [9.17, 15) is 31.1 Å². The summed E-state index contributed by atoms with van der Waals surface area (Å²) in [5.74, 6) is -1.71. The van der Waals surface area contributed by atoms with Gasteiger partial charge in [-0.15, -0.1) is 0 Å². The topological polar surface area (TPSA) is 56.1 Å². The van der Waals surface area contributed by atoms with Gasteiger partial charge in [-0.1, -0.05) is 0 Å². The molecule has 1 unspecified atom stereocenters. The molecule has 1 atom stereocenters. The highest BCUT2D eigenvalue weighted by Crippen LogP contribution is 2.38. The van der Waals surface area contributed by atoms with Crippen molar-refractivity contribution < 1.29 is 31.1 Å². The summed E-state index contributed by atoms with van der Waals surface area (Å²) >= 11 is 0. The van der Waals surface area contributed by atoms with E-state index >= 15 is 0 Å². The monoisotopic (exact) mass is 379 g/mol. The Labute approximate surface area is 145 Å². The van der Waals surface area contributed by atoms with E-state index in [1.54, 1.807) is 11.4 Å². The third-order valence-corrected chi connectivity index (χ3v) is 4.03. The molecule has 1 aliphatic heterocycles. The van der Waals surface area contributed by atoms with Crippen molar-refractivity contribution in [3.8, 4) is 6.07 Å². The fourth-order valence-electron chi connectivity index (χ4n) is 2.84. The lowest BCUT2D eigenvalue weighted by molar-refractivity contribution is -0.141. The predicted molar refractivity (Wildman–Crippen MR) is 80.2 cm³/mol. The van der Waals surface area contributed by atoms with Gasteiger partial charge in [0.1, 0.15) is 6.54 Å². The van der Waals surface area contributed by atoms with Crippen LogP contribution in [0.25, 0.3) is 0 Å². The van der Waals surface area contributed by atoms with E-state index in [2.05, 4.69) is 0 Å². The molecule has 0 aliphatic carbocycles. The summed E-state index contributed by atoms with van der Waals surface area (Å²) in [4.78, 5) is 13.2. The van der Waals surface area contributed by atoms with E-state index < -0.39 is 36.3 Å². The van der Waals surface area contributed by atoms with Gasteiger partial charge in [0, 0.05) is 13.1 Å². The molecule has 1 saturated heterocycles. The lowest BCUT2D eigenvalue weighted by atomic mass is 9.95. The van der Waals surface area contributed by atoms with Crippen LogP contribution in [0.1, 0.15) is 24.0 Å². The van der Waals surface area contributed by atoms with Crippen molar-refractivity contribution in [2.75, 3.05) is 24.5 Å². The maximum absolute atomic E-state index is 13.2. The highest BCUT2D eigenvalue weighted by molar-refractivity contribution is 5.79. The lowest BCUT2D eigenvalue weighted by Gasteiger charge is -2.35. The number of carbonyl (C=O) groups excluding carboxylic acids is 1. The van der Waals surface area contributed by atoms with Crippen LogP contribution in [0, 0.1) is 17.2 Å². The van der Waals surface area contributed by atoms with Crippen LogP contribution < -0.4 is 10.2 Å². The van der Waals surface area contributed by atoms with Crippen molar-refractivity contribution in [1.82, 2.24) is 5.32 Å². The van der Waals surface area contributed by atoms with Crippen molar-refractivity contribution >= 4 is 11.6 Å². The van der Waals surface area contributed by atoms with E-state index in [1.165, 1.54) is 4.90 Å². The van der Waals surface area contributed by atoms with Crippen LogP contribution in [-0.4, -0.2) is 31.7 Å². The second-order valence-electron chi connectivity index (χ2n) is 5.96. The van der Waals surface area contributed by atoms with Gasteiger partial charge < -0.3 is 10.2 Å². The van der Waals surface area contributed by atoms with Gasteiger partial charge in [-0.3, -0.25) is 4.79 Å². The van der Waals surface area contributed by atoms with Crippen molar-refractivity contribution in [3.05, 3.63) is 29.3 Å². The van der Waals surface area contributed by atoms with Crippen LogP contribution in [0.2, 0.25) is 0 Å². The van der Waals surface area contributed by atoms with Gasteiger partial charge in [-0.2, -0.15) is 31.6 Å². The van der Waals surface area contributed by atoms with Gasteiger partial charge in [0.25, 0.3) is 0 Å². The standard InChI is InChI=1S/C16H15F6N3O/c17-15(18,19)9-24-14(26)11-2-1-5-25(8-11)13-6-10(7-23)3-4-12(13)16(20,21)22/h3-4,6,11H,1-2,5,8-9H2,(H,24,26). The molecule has 2 rings (SSSR count). The molecule has 1 aromatic rings. The molecule has 26 heavy (non-hydrogen) atoms. The first-order valence-electron chi connectivity index (χ1n) is 7.72. The maximum Gasteiger partial charge on any atom is 0.418 e. The summed E-state index contributed by atoms with van der Waals surface area (Å²) in [6, 6.07) is 4.68. The zero-order valence-corrected chi connectivity index (χ0v) is 13.4. The largest absolute Gasteiger partial charge is 0.418 e. The number of hydrogen-bond donors (Lipinski definition) is 1. The molecule has 1 fully saturated rings. The minimum atomic E-state index is -4.66. The number of alkyl halides is 6. The fraction of sp³-hybridized carbons (Fsp3) is 0.500. The summed E-state index contributed by atoms with van der Waals surface area (Å²) in [5.41, 5.74) is -1.17. The molecule has 1 amide bonds. The molecule has 1 aromatic carbocycles. The van der Waals surface area contributed by atoms with Crippen molar-refractivity contribution in [1.29, 1.82) is 5.26 Å². The molecule has 0 bridgehead atoms. The molecule has 0 saturated carbocycles. The van der Waals surface area contributed by atoms with E-state index in [0.717, 1.165) is 18.2 Å². The number of benzene rings is 1. The molecule has 0 radical (unpaired) electrons. The highest BCUT2D eigenvalue weighted by atomic mass is 19.4. The summed E-state index contributed by atoms with van der Waals surface area (Å²) in [5, 5.41) is 10.7. The van der Waals surface area contributed by atoms with Gasteiger partial charge in [0.15, 0.2) is 0 Å². The molecule has 4 nitrogen and oxygen atoms in total. The minimum Gasteiger partial charge on any atom is -0.370 e. The average Bonchev–Trinajstić information content (AvgIpc) is 2.57. The van der Waals surface area contributed by atoms with Gasteiger partial charge in [0.05, 0.1) is 28.8 Å². The number of halogens is 6. The molecule has 1 heterocycles. The third-order valence-electron chi connectivity index (χ3n) is 4.03. The summed E-state index contributed by atoms with van der Waals surface area (Å²) < 4.78 is 76.3. The molecule has 142 valence electrons. The van der Waals surface area contributed by atoms with Crippen LogP contribution in [0.4, 0.5) is 32.0 Å². The van der Waals surface area contributed by atoms with Crippen LogP contribution in [0.5, 0.6) is 0 Å². The van der Waals surface area contributed by atoms with Crippen molar-refractivity contribution in [2.24, 2.45) is 5.92 Å². The second kappa shape index (κ2) is 7.43. The quantitative estimate of drug-likeness (QED) is 0.819. The lowest BCUT2D eigenvalue weighted by Crippen LogP contribution is -2.45. The smallest absolute Gasteiger partial charge is 0.370 e. The summed E-state index contributed by atoms with van der Waals surface area (Å²) in [7, 11) is 0. The number of rotatable bonds is 3. The van der Waals surface area contributed by atoms with Crippen molar-refractivity contribution in [3.63, 3.8) is 0 Å². The Balaban J connectivity index is 2.21. The second-order valence-corrected chi connectivity index (χ2v) is 5.96. The highest BCUT2D eigenvalue weighted by Gasteiger charge is 2.37. The number of anilines is 1. The van der Waals surface area contributed by atoms with Gasteiger partial charge in [0.2, 0.25) is 5.91 Å². The average molecular weight is 379 g/mol. The molecule has 10 heteroatoms. The predicted octanol–water partition coefficient (Wildman–Crippen LogP) is 3.47. The fourth-order valence-corrected chi connectivity index (χ4v) is 2.84. The van der Waals surface area contributed by atoms with E-state index in [4.69, 9.17) is 5.26 Å². The Bertz CT molecular complexity index is 707. The molecule has 0 spiro atoms. The van der Waals surface area contributed by atoms with E-state index in [0.29, 0.717) is 6.42 Å². The van der Waals surface area contributed by atoms with Crippen LogP contribution in [0.3, 0.4) is 0 Å². The molecule has 1 N–H and O–H groups in total. The molecular weight excluding hydrogens is 364 g/mol. The minimum absolute atomic E-state index is 0.0247. The third kappa shape index (κ3) is 5.03. The molecular formula is C16H15F6N3O. The van der Waals surface area contributed by atoms with Crippen LogP contribution in [-0.2, 0) is 11.0 Å². The Morgan fingerprint density at radius 3 is 2.54 bits per heavy atom. The van der Waals surface area contributed by atoms with E-state index in [-0.39, 0.29) is 30.8 Å². The zero-order chi connectivity index (χ0) is 19.5. The van der Waals surface area contributed by atoms with E-state index in [1.807, 2.05) is 0 Å². The van der Waals surface area contributed by atoms with Gasteiger partial charge >= 0.3 is 12.4 Å². The Morgan fingerprint density at radius 1 is 1.27 bits per heavy atom. The number of amides is 1. The Morgan fingerprint density at radius 2 is 1.96 bits per heavy atom. The van der Waals surface area contributed by atoms with Gasteiger partial charge in [-0.25, -0.2) is 0 Å². The Kier molecular flexibility index (Phi) is 5.68. The zero-order valence-electron chi connectivity index (χ0n) is 13.4. The first-order valence-corrected chi connectivity index (χ1v) is 7.72. The van der Waals surface area contributed by atoms with Crippen molar-refractivity contribution in [2.45, 2.75) is 25.2 Å². The first kappa shape index (κ1) is 19.9. The maximum atomic E-state index is 13.2. The number of hydrogen-bond acceptors (Lipinski definition) is 3. The number of nitrogens with zero attached hydrogens (tertiary/aromatic N) is 2. The van der Waals surface area contributed by atoms with Crippen LogP contribution in [0.15, 0.2) is 18.2 Å². The molecule has 0 aromatic heterocycles. The molecule has 1 aliphatic rings. The Hall–Kier alpha value is -2.44.